The number of aliphatic hydroxyl groups is 1. The largest absolute Gasteiger partial charge is 0.393 e. The highest BCUT2D eigenvalue weighted by Gasteiger charge is 2.62. The minimum Gasteiger partial charge on any atom is -0.393 e. The molecule has 2 heteroatoms. The van der Waals surface area contributed by atoms with Crippen molar-refractivity contribution in [1.29, 1.82) is 0 Å². The fraction of sp³-hybridized carbons (Fsp3) is 0.957. The average molecular weight is 347 g/mol. The van der Waals surface area contributed by atoms with Crippen molar-refractivity contribution in [1.82, 2.24) is 0 Å². The van der Waals surface area contributed by atoms with Crippen LogP contribution in [0.4, 0.5) is 0 Å². The molecule has 0 bridgehead atoms. The van der Waals surface area contributed by atoms with Crippen molar-refractivity contribution in [3.63, 3.8) is 0 Å². The highest BCUT2D eigenvalue weighted by molar-refractivity contribution is 5.80. The van der Waals surface area contributed by atoms with Crippen molar-refractivity contribution < 1.29 is 9.90 Å². The summed E-state index contributed by atoms with van der Waals surface area (Å²) in [5, 5.41) is 10.2. The molecule has 0 aromatic rings. The quantitative estimate of drug-likeness (QED) is 0.743. The number of carbonyl (C=O) groups excluding carboxylic acids is 1. The van der Waals surface area contributed by atoms with Crippen molar-refractivity contribution in [2.45, 2.75) is 91.6 Å². The molecule has 0 unspecified atom stereocenters. The van der Waals surface area contributed by atoms with Crippen LogP contribution in [-0.4, -0.2) is 17.0 Å². The van der Waals surface area contributed by atoms with Crippen LogP contribution in [0.15, 0.2) is 0 Å². The van der Waals surface area contributed by atoms with Crippen molar-refractivity contribution >= 4 is 5.78 Å². The molecule has 0 amide bonds. The lowest BCUT2D eigenvalue weighted by Gasteiger charge is -2.60. The maximum atomic E-state index is 12.5. The van der Waals surface area contributed by atoms with Gasteiger partial charge in [-0.25, -0.2) is 0 Å². The van der Waals surface area contributed by atoms with E-state index in [1.54, 1.807) is 0 Å². The Balaban J connectivity index is 1.64. The minimum absolute atomic E-state index is 0.0541. The summed E-state index contributed by atoms with van der Waals surface area (Å²) >= 11 is 0. The summed E-state index contributed by atoms with van der Waals surface area (Å²) in [6, 6.07) is 0. The molecule has 4 saturated carbocycles. The zero-order valence-electron chi connectivity index (χ0n) is 16.8. The van der Waals surface area contributed by atoms with Crippen LogP contribution in [0, 0.1) is 46.3 Å². The molecule has 4 fully saturated rings. The van der Waals surface area contributed by atoms with Gasteiger partial charge in [0.1, 0.15) is 5.78 Å². The van der Waals surface area contributed by atoms with Crippen molar-refractivity contribution in [2.75, 3.05) is 0 Å². The van der Waals surface area contributed by atoms with E-state index in [0.29, 0.717) is 23.0 Å². The lowest BCUT2D eigenvalue weighted by atomic mass is 9.44. The van der Waals surface area contributed by atoms with Gasteiger partial charge in [-0.2, -0.15) is 0 Å². The van der Waals surface area contributed by atoms with Crippen LogP contribution in [0.5, 0.6) is 0 Å². The number of hydrogen-bond donors (Lipinski definition) is 1. The SMILES string of the molecule is CC[C@@H]1C[C@H]2[C@@H]3CC[C@H]4C[C@@H](O)CC[C@]4(C)[C@H]3CC[C@]2(C)[C@H]1C(C)=O. The molecule has 4 aliphatic carbocycles. The molecule has 9 atom stereocenters. The highest BCUT2D eigenvalue weighted by atomic mass is 16.3. The van der Waals surface area contributed by atoms with E-state index in [0.717, 1.165) is 36.5 Å². The van der Waals surface area contributed by atoms with E-state index in [1.165, 1.54) is 44.9 Å². The van der Waals surface area contributed by atoms with Crippen LogP contribution in [0.2, 0.25) is 0 Å². The zero-order valence-corrected chi connectivity index (χ0v) is 16.8. The molecule has 25 heavy (non-hydrogen) atoms. The third kappa shape index (κ3) is 2.49. The topological polar surface area (TPSA) is 37.3 Å². The van der Waals surface area contributed by atoms with Gasteiger partial charge in [0.25, 0.3) is 0 Å². The Morgan fingerprint density at radius 3 is 2.40 bits per heavy atom. The van der Waals surface area contributed by atoms with E-state index >= 15 is 0 Å². The van der Waals surface area contributed by atoms with Crippen molar-refractivity contribution in [3.8, 4) is 0 Å². The molecular formula is C23H38O2. The normalized spacial score (nSPS) is 55.2. The number of rotatable bonds is 2. The van der Waals surface area contributed by atoms with Gasteiger partial charge < -0.3 is 5.11 Å². The van der Waals surface area contributed by atoms with Crippen LogP contribution in [-0.2, 0) is 4.79 Å². The maximum absolute atomic E-state index is 12.5. The Morgan fingerprint density at radius 1 is 1.00 bits per heavy atom. The fourth-order valence-electron chi connectivity index (χ4n) is 8.61. The van der Waals surface area contributed by atoms with Crippen LogP contribution >= 0.6 is 0 Å². The van der Waals surface area contributed by atoms with Crippen molar-refractivity contribution in [3.05, 3.63) is 0 Å². The van der Waals surface area contributed by atoms with Gasteiger partial charge in [-0.3, -0.25) is 4.79 Å². The molecule has 2 nitrogen and oxygen atoms in total. The molecule has 1 N–H and O–H groups in total. The number of aliphatic hydroxyl groups excluding tert-OH is 1. The summed E-state index contributed by atoms with van der Waals surface area (Å²) in [7, 11) is 0. The summed E-state index contributed by atoms with van der Waals surface area (Å²) in [6.07, 6.45) is 10.9. The zero-order chi connectivity index (χ0) is 18.0. The van der Waals surface area contributed by atoms with Gasteiger partial charge in [-0.15, -0.1) is 0 Å². The molecular weight excluding hydrogens is 308 g/mol. The van der Waals surface area contributed by atoms with Crippen LogP contribution in [0.3, 0.4) is 0 Å². The molecule has 0 aromatic carbocycles. The molecule has 142 valence electrons. The molecule has 0 spiro atoms. The Labute approximate surface area is 154 Å². The van der Waals surface area contributed by atoms with Crippen molar-refractivity contribution in [2.24, 2.45) is 46.3 Å². The van der Waals surface area contributed by atoms with Gasteiger partial charge in [0.2, 0.25) is 0 Å². The second kappa shape index (κ2) is 6.08. The van der Waals surface area contributed by atoms with Crippen LogP contribution < -0.4 is 0 Å². The number of ketones is 1. The number of hydrogen-bond acceptors (Lipinski definition) is 2. The van der Waals surface area contributed by atoms with E-state index in [2.05, 4.69) is 20.8 Å². The van der Waals surface area contributed by atoms with E-state index in [-0.39, 0.29) is 11.5 Å². The van der Waals surface area contributed by atoms with Gasteiger partial charge in [0.15, 0.2) is 0 Å². The van der Waals surface area contributed by atoms with E-state index in [9.17, 15) is 9.90 Å². The van der Waals surface area contributed by atoms with E-state index in [4.69, 9.17) is 0 Å². The molecule has 4 aliphatic rings. The van der Waals surface area contributed by atoms with Gasteiger partial charge in [-0.1, -0.05) is 27.2 Å². The lowest BCUT2D eigenvalue weighted by Crippen LogP contribution is -2.54. The van der Waals surface area contributed by atoms with Gasteiger partial charge in [0.05, 0.1) is 6.10 Å². The molecule has 0 aliphatic heterocycles. The predicted octanol–water partition coefficient (Wildman–Crippen LogP) is 5.23. The predicted molar refractivity (Wildman–Crippen MR) is 101 cm³/mol. The first-order valence-corrected chi connectivity index (χ1v) is 11.0. The molecule has 0 radical (unpaired) electrons. The Morgan fingerprint density at radius 2 is 1.72 bits per heavy atom. The summed E-state index contributed by atoms with van der Waals surface area (Å²) in [5.41, 5.74) is 0.699. The van der Waals surface area contributed by atoms with Crippen LogP contribution in [0.1, 0.15) is 85.5 Å². The lowest BCUT2D eigenvalue weighted by molar-refractivity contribution is -0.139. The standard InChI is InChI=1S/C23H38O2/c1-5-15-12-20-18-7-6-16-13-17(25)8-10-22(16,3)19(18)9-11-23(20,4)21(15)14(2)24/h15-21,25H,5-13H2,1-4H3/t15-,16+,17+,18-,19+,20+,21+,22+,23+/m1/s1. The first kappa shape index (κ1) is 18.0. The van der Waals surface area contributed by atoms with E-state index in [1.807, 2.05) is 6.92 Å². The van der Waals surface area contributed by atoms with Gasteiger partial charge in [0, 0.05) is 5.92 Å². The number of Topliss-reactive ketones (excluding diaryl/α,β-unsaturated/α-hetero) is 1. The summed E-state index contributed by atoms with van der Waals surface area (Å²) in [4.78, 5) is 12.5. The molecule has 0 aromatic heterocycles. The minimum atomic E-state index is -0.0541. The molecule has 0 saturated heterocycles. The number of fused-ring (bicyclic) bond motifs is 5. The summed E-state index contributed by atoms with van der Waals surface area (Å²) < 4.78 is 0. The average Bonchev–Trinajstić information content (AvgIpc) is 2.88. The summed E-state index contributed by atoms with van der Waals surface area (Å²) in [6.45, 7) is 9.17. The first-order valence-electron chi connectivity index (χ1n) is 11.0. The van der Waals surface area contributed by atoms with Gasteiger partial charge in [-0.05, 0) is 98.7 Å². The van der Waals surface area contributed by atoms with E-state index < -0.39 is 0 Å². The fourth-order valence-corrected chi connectivity index (χ4v) is 8.61. The maximum Gasteiger partial charge on any atom is 0.133 e. The molecule has 0 heterocycles. The van der Waals surface area contributed by atoms with Crippen LogP contribution in [0.25, 0.3) is 0 Å². The highest BCUT2D eigenvalue weighted by Crippen LogP contribution is 2.68. The van der Waals surface area contributed by atoms with Gasteiger partial charge >= 0.3 is 0 Å². The first-order chi connectivity index (χ1) is 11.8. The third-order valence-corrected chi connectivity index (χ3v) is 9.78. The second-order valence-electron chi connectivity index (χ2n) is 10.6. The monoisotopic (exact) mass is 346 g/mol. The summed E-state index contributed by atoms with van der Waals surface area (Å²) in [5.74, 6) is 4.53. The second-order valence-corrected chi connectivity index (χ2v) is 10.6. The Hall–Kier alpha value is -0.370. The Bertz CT molecular complexity index is 542. The Kier molecular flexibility index (Phi) is 4.38. The molecule has 4 rings (SSSR count). The third-order valence-electron chi connectivity index (χ3n) is 9.78. The smallest absolute Gasteiger partial charge is 0.133 e. The number of carbonyl (C=O) groups is 1.